The average Bonchev–Trinajstić information content (AvgIpc) is 2.67. The van der Waals surface area contributed by atoms with Crippen molar-refractivity contribution in [3.63, 3.8) is 0 Å². The van der Waals surface area contributed by atoms with Gasteiger partial charge >= 0.3 is 0 Å². The molecule has 0 spiro atoms. The number of carbonyl (C=O) groups excluding carboxylic acids is 1. The van der Waals surface area contributed by atoms with Crippen LogP contribution in [0.5, 0.6) is 0 Å². The zero-order valence-corrected chi connectivity index (χ0v) is 13.3. The predicted molar refractivity (Wildman–Crippen MR) is 95.5 cm³/mol. The van der Waals surface area contributed by atoms with E-state index in [1.807, 2.05) is 30.3 Å². The van der Waals surface area contributed by atoms with Crippen LogP contribution in [-0.2, 0) is 6.54 Å². The molecule has 0 aliphatic carbocycles. The Morgan fingerprint density at radius 2 is 1.72 bits per heavy atom. The summed E-state index contributed by atoms with van der Waals surface area (Å²) in [6, 6.07) is 14.9. The van der Waals surface area contributed by atoms with Gasteiger partial charge < -0.3 is 11.1 Å². The Kier molecular flexibility index (Phi) is 5.01. The van der Waals surface area contributed by atoms with E-state index in [1.165, 1.54) is 6.33 Å². The highest BCUT2D eigenvalue weighted by atomic mass is 16.2. The quantitative estimate of drug-likeness (QED) is 0.507. The molecule has 8 heteroatoms. The molecule has 0 atom stereocenters. The fourth-order valence-corrected chi connectivity index (χ4v) is 2.09. The van der Waals surface area contributed by atoms with E-state index in [9.17, 15) is 4.79 Å². The number of nitrogens with zero attached hydrogens (tertiary/aromatic N) is 3. The summed E-state index contributed by atoms with van der Waals surface area (Å²) in [5.74, 6) is 0.390. The topological polar surface area (TPSA) is 118 Å². The van der Waals surface area contributed by atoms with Gasteiger partial charge in [0, 0.05) is 12.7 Å². The highest BCUT2D eigenvalue weighted by Crippen LogP contribution is 2.22. The van der Waals surface area contributed by atoms with Crippen LogP contribution in [0.3, 0.4) is 0 Å². The van der Waals surface area contributed by atoms with Crippen LogP contribution in [0.15, 0.2) is 61.1 Å². The summed E-state index contributed by atoms with van der Waals surface area (Å²) in [5, 5.41) is 3.15. The molecule has 8 nitrogen and oxygen atoms in total. The van der Waals surface area contributed by atoms with Gasteiger partial charge in [0.05, 0.1) is 0 Å². The number of anilines is 3. The largest absolute Gasteiger partial charge is 0.393 e. The fraction of sp³-hybridized carbons (Fsp3) is 0.0588. The molecule has 1 aromatic carbocycles. The third kappa shape index (κ3) is 4.20. The highest BCUT2D eigenvalue weighted by molar-refractivity contribution is 5.93. The molecule has 0 unspecified atom stereocenters. The van der Waals surface area contributed by atoms with Crippen molar-refractivity contribution in [3.8, 4) is 0 Å². The van der Waals surface area contributed by atoms with E-state index < -0.39 is 5.91 Å². The molecule has 25 heavy (non-hydrogen) atoms. The number of amides is 1. The van der Waals surface area contributed by atoms with Crippen LogP contribution < -0.4 is 21.9 Å². The second-order valence-corrected chi connectivity index (χ2v) is 5.12. The Balaban J connectivity index is 1.63. The molecule has 1 amide bonds. The van der Waals surface area contributed by atoms with Crippen LogP contribution in [0, 0.1) is 0 Å². The standard InChI is InChI=1S/C17H17N7O/c18-14-15(20-10-12-6-2-1-3-7-12)21-11-22-16(14)23-24-17(25)13-8-4-5-9-19-13/h1-9,11H,10,18H2,(H,24,25)(H2,20,21,22,23). The van der Waals surface area contributed by atoms with Crippen molar-refractivity contribution in [2.24, 2.45) is 0 Å². The van der Waals surface area contributed by atoms with Crippen LogP contribution in [0.2, 0.25) is 0 Å². The lowest BCUT2D eigenvalue weighted by Gasteiger charge is -2.13. The maximum Gasteiger partial charge on any atom is 0.288 e. The molecule has 0 fully saturated rings. The summed E-state index contributed by atoms with van der Waals surface area (Å²) < 4.78 is 0. The average molecular weight is 335 g/mol. The molecule has 3 rings (SSSR count). The van der Waals surface area contributed by atoms with Gasteiger partial charge in [0.15, 0.2) is 11.6 Å². The van der Waals surface area contributed by atoms with Gasteiger partial charge in [0.25, 0.3) is 5.91 Å². The van der Waals surface area contributed by atoms with Crippen molar-refractivity contribution >= 4 is 23.2 Å². The number of nitrogens with one attached hydrogen (secondary N) is 3. The Labute approximate surface area is 144 Å². The molecular formula is C17H17N7O. The van der Waals surface area contributed by atoms with E-state index in [-0.39, 0.29) is 5.69 Å². The van der Waals surface area contributed by atoms with Crippen molar-refractivity contribution < 1.29 is 4.79 Å². The zero-order chi connectivity index (χ0) is 17.5. The first kappa shape index (κ1) is 16.2. The third-order valence-corrected chi connectivity index (χ3v) is 3.38. The number of nitrogens with two attached hydrogens (primary N) is 1. The minimum absolute atomic E-state index is 0.282. The molecular weight excluding hydrogens is 318 g/mol. The third-order valence-electron chi connectivity index (χ3n) is 3.38. The molecule has 0 aliphatic heterocycles. The van der Waals surface area contributed by atoms with E-state index in [0.29, 0.717) is 23.9 Å². The van der Waals surface area contributed by atoms with Crippen molar-refractivity contribution in [1.82, 2.24) is 20.4 Å². The monoisotopic (exact) mass is 335 g/mol. The van der Waals surface area contributed by atoms with E-state index in [4.69, 9.17) is 5.73 Å². The van der Waals surface area contributed by atoms with Crippen LogP contribution in [0.4, 0.5) is 17.3 Å². The first-order valence-corrected chi connectivity index (χ1v) is 7.59. The smallest absolute Gasteiger partial charge is 0.288 e. The first-order chi connectivity index (χ1) is 12.2. The molecule has 2 heterocycles. The van der Waals surface area contributed by atoms with Gasteiger partial charge in [-0.3, -0.25) is 20.6 Å². The lowest BCUT2D eigenvalue weighted by molar-refractivity contribution is 0.0957. The second kappa shape index (κ2) is 7.73. The van der Waals surface area contributed by atoms with Crippen molar-refractivity contribution in [1.29, 1.82) is 0 Å². The minimum atomic E-state index is -0.391. The molecule has 0 saturated carbocycles. The van der Waals surface area contributed by atoms with Gasteiger partial charge in [0.1, 0.15) is 17.7 Å². The number of aromatic nitrogens is 3. The number of hydrogen-bond donors (Lipinski definition) is 4. The van der Waals surface area contributed by atoms with Crippen LogP contribution >= 0.6 is 0 Å². The Morgan fingerprint density at radius 1 is 0.960 bits per heavy atom. The molecule has 3 aromatic rings. The van der Waals surface area contributed by atoms with Crippen molar-refractivity contribution in [3.05, 3.63) is 72.3 Å². The number of hydrogen-bond acceptors (Lipinski definition) is 7. The van der Waals surface area contributed by atoms with Crippen molar-refractivity contribution in [2.45, 2.75) is 6.54 Å². The number of nitrogen functional groups attached to an aromatic ring is 1. The number of hydrazine groups is 1. The summed E-state index contributed by atoms with van der Waals surface area (Å²) >= 11 is 0. The summed E-state index contributed by atoms with van der Waals surface area (Å²) in [4.78, 5) is 24.1. The molecule has 0 radical (unpaired) electrons. The van der Waals surface area contributed by atoms with Gasteiger partial charge in [-0.1, -0.05) is 36.4 Å². The first-order valence-electron chi connectivity index (χ1n) is 7.59. The Hall–Kier alpha value is -3.68. The molecule has 2 aromatic heterocycles. The normalized spacial score (nSPS) is 10.1. The van der Waals surface area contributed by atoms with Gasteiger partial charge in [-0.25, -0.2) is 9.97 Å². The molecule has 0 bridgehead atoms. The summed E-state index contributed by atoms with van der Waals surface area (Å²) in [6.07, 6.45) is 2.90. The number of carbonyl (C=O) groups is 1. The van der Waals surface area contributed by atoms with Gasteiger partial charge in [-0.05, 0) is 17.7 Å². The van der Waals surface area contributed by atoms with Crippen LogP contribution in [0.1, 0.15) is 16.1 Å². The van der Waals surface area contributed by atoms with Gasteiger partial charge in [-0.15, -0.1) is 0 Å². The number of pyridine rings is 1. The zero-order valence-electron chi connectivity index (χ0n) is 13.3. The SMILES string of the molecule is Nc1c(NCc2ccccc2)ncnc1NNC(=O)c1ccccn1. The fourth-order valence-electron chi connectivity index (χ4n) is 2.09. The molecule has 126 valence electrons. The highest BCUT2D eigenvalue weighted by Gasteiger charge is 2.10. The van der Waals surface area contributed by atoms with Gasteiger partial charge in [-0.2, -0.15) is 0 Å². The number of benzene rings is 1. The molecule has 5 N–H and O–H groups in total. The minimum Gasteiger partial charge on any atom is -0.393 e. The van der Waals surface area contributed by atoms with E-state index in [0.717, 1.165) is 5.56 Å². The lowest BCUT2D eigenvalue weighted by Crippen LogP contribution is -2.31. The number of rotatable bonds is 6. The van der Waals surface area contributed by atoms with E-state index in [1.54, 1.807) is 24.4 Å². The van der Waals surface area contributed by atoms with Crippen molar-refractivity contribution in [2.75, 3.05) is 16.5 Å². The second-order valence-electron chi connectivity index (χ2n) is 5.12. The van der Waals surface area contributed by atoms with E-state index in [2.05, 4.69) is 31.1 Å². The summed E-state index contributed by atoms with van der Waals surface area (Å²) in [7, 11) is 0. The Morgan fingerprint density at radius 3 is 2.48 bits per heavy atom. The van der Waals surface area contributed by atoms with Gasteiger partial charge in [0.2, 0.25) is 0 Å². The lowest BCUT2D eigenvalue weighted by atomic mass is 10.2. The maximum absolute atomic E-state index is 12.0. The Bertz CT molecular complexity index is 840. The van der Waals surface area contributed by atoms with Crippen LogP contribution in [-0.4, -0.2) is 20.9 Å². The predicted octanol–water partition coefficient (Wildman–Crippen LogP) is 1.82. The molecule has 0 saturated heterocycles. The summed E-state index contributed by atoms with van der Waals surface area (Å²) in [6.45, 7) is 0.571. The van der Waals surface area contributed by atoms with Crippen LogP contribution in [0.25, 0.3) is 0 Å². The van der Waals surface area contributed by atoms with E-state index >= 15 is 0 Å². The molecule has 0 aliphatic rings. The summed E-state index contributed by atoms with van der Waals surface area (Å²) in [5.41, 5.74) is 12.9. The maximum atomic E-state index is 12.0.